The van der Waals surface area contributed by atoms with E-state index in [4.69, 9.17) is 15.6 Å². The van der Waals surface area contributed by atoms with Crippen molar-refractivity contribution in [2.75, 3.05) is 18.9 Å². The second-order valence-corrected chi connectivity index (χ2v) is 14.2. The predicted molar refractivity (Wildman–Crippen MR) is 203 cm³/mol. The molecule has 13 nitrogen and oxygen atoms in total. The van der Waals surface area contributed by atoms with Gasteiger partial charge >= 0.3 is 0 Å². The molecule has 1 aliphatic heterocycles. The molecular weight excluding hydrogens is 733 g/mol. The Morgan fingerprint density at radius 1 is 1.02 bits per heavy atom. The van der Waals surface area contributed by atoms with E-state index < -0.39 is 42.3 Å². The highest BCUT2D eigenvalue weighted by Gasteiger charge is 2.44. The average Bonchev–Trinajstić information content (AvgIpc) is 3.83. The number of carbonyl (C=O) groups is 3. The number of likely N-dealkylation sites (tertiary alicyclic amines) is 1. The van der Waals surface area contributed by atoms with Crippen LogP contribution in [-0.2, 0) is 20.9 Å². The Morgan fingerprint density at radius 2 is 1.73 bits per heavy atom. The molecule has 3 aromatic carbocycles. The summed E-state index contributed by atoms with van der Waals surface area (Å²) < 4.78 is 32.3. The van der Waals surface area contributed by atoms with Crippen molar-refractivity contribution in [1.29, 1.82) is 0 Å². The van der Waals surface area contributed by atoms with Crippen LogP contribution < -0.4 is 21.1 Å². The van der Waals surface area contributed by atoms with Crippen LogP contribution in [0.25, 0.3) is 32.8 Å². The molecule has 0 spiro atoms. The number of hydrogen-bond acceptors (Lipinski definition) is 10. The number of benzene rings is 3. The van der Waals surface area contributed by atoms with Crippen LogP contribution in [0.4, 0.5) is 14.6 Å². The molecule has 286 valence electrons. The van der Waals surface area contributed by atoms with E-state index in [9.17, 15) is 28.3 Å². The van der Waals surface area contributed by atoms with Gasteiger partial charge in [-0.25, -0.2) is 13.8 Å². The maximum Gasteiger partial charge on any atom is 0.281 e. The molecule has 3 heterocycles. The lowest BCUT2D eigenvalue weighted by atomic mass is 10.0. The molecule has 2 aromatic heterocycles. The second kappa shape index (κ2) is 17.0. The third kappa shape index (κ3) is 9.04. The van der Waals surface area contributed by atoms with Crippen molar-refractivity contribution in [2.45, 2.75) is 51.4 Å². The number of nitrogens with two attached hydrogens (primary N) is 1. The minimum Gasteiger partial charge on any atom is -0.507 e. The van der Waals surface area contributed by atoms with E-state index in [1.807, 2.05) is 0 Å². The lowest BCUT2D eigenvalue weighted by Gasteiger charge is -2.30. The van der Waals surface area contributed by atoms with Crippen LogP contribution in [0, 0.1) is 5.92 Å². The highest BCUT2D eigenvalue weighted by molar-refractivity contribution is 7.13. The average molecular weight is 773 g/mol. The number of phenols is 1. The zero-order valence-corrected chi connectivity index (χ0v) is 30.7. The number of amides is 3. The Balaban J connectivity index is 1.04. The molecule has 7 N–H and O–H groups in total. The van der Waals surface area contributed by atoms with Crippen molar-refractivity contribution in [1.82, 2.24) is 30.7 Å². The zero-order valence-electron chi connectivity index (χ0n) is 29.9. The lowest BCUT2D eigenvalue weighted by Crippen LogP contribution is -2.55. The third-order valence-electron chi connectivity index (χ3n) is 9.16. The summed E-state index contributed by atoms with van der Waals surface area (Å²) in [5.74, 6) is -1.16. The monoisotopic (exact) mass is 772 g/mol. The van der Waals surface area contributed by atoms with Gasteiger partial charge in [0.05, 0.1) is 29.0 Å². The summed E-state index contributed by atoms with van der Waals surface area (Å²) in [6.07, 6.45) is -3.24. The van der Waals surface area contributed by atoms with Crippen LogP contribution in [-0.4, -0.2) is 79.4 Å². The summed E-state index contributed by atoms with van der Waals surface area (Å²) in [6, 6.07) is 20.2. The highest BCUT2D eigenvalue weighted by atomic mass is 32.1. The molecule has 16 heteroatoms. The number of alkyl halides is 2. The number of nitrogens with one attached hydrogen (secondary N) is 2. The number of phenolic OH excluding ortho intramolecular Hbond substituents is 1. The smallest absolute Gasteiger partial charge is 0.281 e. The summed E-state index contributed by atoms with van der Waals surface area (Å²) in [7, 11) is 0. The first-order valence-electron chi connectivity index (χ1n) is 17.4. The van der Waals surface area contributed by atoms with Gasteiger partial charge in [-0.3, -0.25) is 14.4 Å². The van der Waals surface area contributed by atoms with E-state index in [1.54, 1.807) is 92.7 Å². The van der Waals surface area contributed by atoms with Gasteiger partial charge in [0.2, 0.25) is 11.8 Å². The van der Waals surface area contributed by atoms with Crippen LogP contribution in [0.2, 0.25) is 0 Å². The Hall–Kier alpha value is -6.00. The number of aromatic hydroxyl groups is 1. The molecule has 1 aliphatic rings. The van der Waals surface area contributed by atoms with E-state index in [0.717, 1.165) is 16.9 Å². The van der Waals surface area contributed by atoms with E-state index in [2.05, 4.69) is 25.8 Å². The van der Waals surface area contributed by atoms with Gasteiger partial charge < -0.3 is 36.2 Å². The van der Waals surface area contributed by atoms with Crippen LogP contribution in [0.1, 0.15) is 38.0 Å². The van der Waals surface area contributed by atoms with Gasteiger partial charge in [-0.2, -0.15) is 0 Å². The number of nitrogen functional groups attached to an aromatic ring is 1. The molecule has 0 unspecified atom stereocenters. The molecule has 6 rings (SSSR count). The van der Waals surface area contributed by atoms with Crippen LogP contribution in [0.15, 0.2) is 84.4 Å². The van der Waals surface area contributed by atoms with Crippen LogP contribution >= 0.6 is 11.3 Å². The summed E-state index contributed by atoms with van der Waals surface area (Å²) in [5.41, 5.74) is 10.8. The Kier molecular flexibility index (Phi) is 12.0. The molecule has 1 saturated heterocycles. The summed E-state index contributed by atoms with van der Waals surface area (Å²) >= 11 is 1.12. The van der Waals surface area contributed by atoms with Gasteiger partial charge in [0.1, 0.15) is 29.3 Å². The predicted octanol–water partition coefficient (Wildman–Crippen LogP) is 4.69. The Labute approximate surface area is 319 Å². The van der Waals surface area contributed by atoms with Crippen molar-refractivity contribution in [3.8, 4) is 44.3 Å². The van der Waals surface area contributed by atoms with Gasteiger partial charge in [-0.1, -0.05) is 62.4 Å². The van der Waals surface area contributed by atoms with Crippen molar-refractivity contribution in [3.63, 3.8) is 0 Å². The summed E-state index contributed by atoms with van der Waals surface area (Å²) in [6.45, 7) is 3.31. The van der Waals surface area contributed by atoms with Gasteiger partial charge in [0, 0.05) is 17.7 Å². The molecule has 0 radical (unpaired) electrons. The van der Waals surface area contributed by atoms with Crippen LogP contribution in [0.3, 0.4) is 0 Å². The van der Waals surface area contributed by atoms with Crippen LogP contribution in [0.5, 0.6) is 11.5 Å². The van der Waals surface area contributed by atoms with E-state index in [-0.39, 0.29) is 49.3 Å². The third-order valence-corrected chi connectivity index (χ3v) is 10.0. The van der Waals surface area contributed by atoms with Crippen molar-refractivity contribution < 1.29 is 38.1 Å². The van der Waals surface area contributed by atoms with Gasteiger partial charge in [-0.05, 0) is 52.9 Å². The molecule has 5 aromatic rings. The summed E-state index contributed by atoms with van der Waals surface area (Å²) in [5, 5.41) is 32.3. The Morgan fingerprint density at radius 3 is 2.42 bits per heavy atom. The molecule has 0 aliphatic carbocycles. The van der Waals surface area contributed by atoms with Crippen molar-refractivity contribution >= 4 is 34.9 Å². The molecular formula is C39H40F2N7O6S+. The fourth-order valence-corrected chi connectivity index (χ4v) is 7.08. The quantitative estimate of drug-likeness (QED) is 0.123. The molecule has 3 amide bonds. The highest BCUT2D eigenvalue weighted by Crippen LogP contribution is 2.34. The number of para-hydroxylation sites is 1. The zero-order chi connectivity index (χ0) is 39.2. The number of ether oxygens (including phenoxy) is 1. The van der Waals surface area contributed by atoms with Crippen molar-refractivity contribution in [3.05, 3.63) is 95.6 Å². The first-order valence-corrected chi connectivity index (χ1v) is 18.3. The fourth-order valence-electron chi connectivity index (χ4n) is 6.28. The molecule has 55 heavy (non-hydrogen) atoms. The maximum absolute atomic E-state index is 13.8. The number of aromatic nitrogens is 3. The number of hydrogen-bond donors (Lipinski definition) is 4. The SMILES string of the molecule is CC(C)[C@H](NC(=O)COc1ccc(-c2cc(-c3ccccc3O)nnc2N)cc1)C(=O)N1C[C@H]([OH2+])C[C@H]1C(=O)NCc1ccc(-c2scnc2C(F)F)cc1. The van der Waals surface area contributed by atoms with E-state index in [0.29, 0.717) is 38.6 Å². The number of rotatable bonds is 13. The van der Waals surface area contributed by atoms with E-state index in [1.165, 1.54) is 10.4 Å². The minimum atomic E-state index is -2.69. The molecule has 0 bridgehead atoms. The number of nitrogens with zero attached hydrogens (tertiary/aromatic N) is 4. The standard InChI is InChI=1S/C39H39F2N7O6S/c1-21(2)33(45-32(51)19-54-26-13-11-23(12-14-26)28-16-29(46-47-37(28)42)27-5-3-4-6-31(27)50)39(53)48-18-25(49)15-30(48)38(52)43-17-22-7-9-24(10-8-22)35-34(36(40)41)44-20-55-35/h3-14,16,20-21,25,30,33,36,49-50H,15,17-19H2,1-2H3,(H2,42,47)(H,43,52)(H,45,51)/p+1/t25-,30+,33+/m1/s1. The first-order chi connectivity index (χ1) is 26.4. The maximum atomic E-state index is 13.8. The second-order valence-electron chi connectivity index (χ2n) is 13.4. The number of anilines is 1. The number of thiazole rings is 1. The topological polar surface area (TPSA) is 196 Å². The number of halogens is 2. The first kappa shape index (κ1) is 38.7. The lowest BCUT2D eigenvalue weighted by molar-refractivity contribution is -0.142. The normalized spacial score (nSPS) is 15.9. The number of carbonyl (C=O) groups excluding carboxylic acids is 3. The molecule has 0 saturated carbocycles. The van der Waals surface area contributed by atoms with E-state index >= 15 is 0 Å². The molecule has 3 atom stereocenters. The van der Waals surface area contributed by atoms with Gasteiger partial charge in [-0.15, -0.1) is 21.5 Å². The summed E-state index contributed by atoms with van der Waals surface area (Å²) in [4.78, 5) is 45.7. The minimum absolute atomic E-state index is 0.0282. The molecule has 1 fully saturated rings. The van der Waals surface area contributed by atoms with Gasteiger partial charge in [0.15, 0.2) is 18.5 Å². The Bertz CT molecular complexity index is 2150. The fraction of sp³-hybridized carbons (Fsp3) is 0.282. The van der Waals surface area contributed by atoms with Gasteiger partial charge in [0.25, 0.3) is 12.3 Å². The largest absolute Gasteiger partial charge is 0.507 e. The van der Waals surface area contributed by atoms with Crippen molar-refractivity contribution in [2.24, 2.45) is 5.92 Å².